The Bertz CT molecular complexity index is 881. The lowest BCUT2D eigenvalue weighted by Gasteiger charge is -2.37. The molecule has 3 aliphatic rings. The largest absolute Gasteiger partial charge is 0.369 e. The van der Waals surface area contributed by atoms with Gasteiger partial charge in [-0.05, 0) is 56.3 Å². The van der Waals surface area contributed by atoms with Crippen molar-refractivity contribution in [2.24, 2.45) is 11.8 Å². The number of hydrogen-bond donors (Lipinski definition) is 3. The monoisotopic (exact) mass is 460 g/mol. The van der Waals surface area contributed by atoms with Crippen molar-refractivity contribution < 1.29 is 18.8 Å². The highest BCUT2D eigenvalue weighted by molar-refractivity contribution is 6.03. The van der Waals surface area contributed by atoms with E-state index in [2.05, 4.69) is 20.4 Å². The fraction of sp³-hybridized carbons (Fsp3) is 0.609. The van der Waals surface area contributed by atoms with Crippen molar-refractivity contribution in [2.45, 2.75) is 38.1 Å². The first-order valence-electron chi connectivity index (χ1n) is 11.8. The summed E-state index contributed by atoms with van der Waals surface area (Å²) in [7, 11) is 0. The zero-order valence-electron chi connectivity index (χ0n) is 18.9. The first kappa shape index (κ1) is 23.6. The Morgan fingerprint density at radius 2 is 1.82 bits per heavy atom. The molecule has 3 amide bonds. The summed E-state index contributed by atoms with van der Waals surface area (Å²) < 4.78 is 14.7. The van der Waals surface area contributed by atoms with Crippen LogP contribution in [0.2, 0.25) is 0 Å². The SMILES string of the molecule is NN1CCC(CCN2CCN(c3ccc(C(=O)N[C@H]4CCC(=O)NC4=O)c(F)c3)CC2)CC1. The van der Waals surface area contributed by atoms with Crippen molar-refractivity contribution >= 4 is 23.4 Å². The van der Waals surface area contributed by atoms with E-state index >= 15 is 0 Å². The predicted octanol–water partition coefficient (Wildman–Crippen LogP) is 0.459. The molecule has 4 N–H and O–H groups in total. The first-order valence-corrected chi connectivity index (χ1v) is 11.8. The van der Waals surface area contributed by atoms with Crippen LogP contribution in [0.15, 0.2) is 18.2 Å². The summed E-state index contributed by atoms with van der Waals surface area (Å²) in [5.74, 6) is 4.39. The lowest BCUT2D eigenvalue weighted by Crippen LogP contribution is -2.52. The summed E-state index contributed by atoms with van der Waals surface area (Å²) in [4.78, 5) is 40.1. The molecule has 0 bridgehead atoms. The third-order valence-electron chi connectivity index (χ3n) is 6.98. The highest BCUT2D eigenvalue weighted by atomic mass is 19.1. The van der Waals surface area contributed by atoms with Gasteiger partial charge < -0.3 is 10.2 Å². The summed E-state index contributed by atoms with van der Waals surface area (Å²) in [5, 5.41) is 6.60. The number of amides is 3. The van der Waals surface area contributed by atoms with Crippen LogP contribution < -0.4 is 21.4 Å². The molecule has 3 saturated heterocycles. The molecule has 1 aromatic rings. The summed E-state index contributed by atoms with van der Waals surface area (Å²) in [5.41, 5.74) is 0.644. The number of hydrazine groups is 1. The molecule has 9 nitrogen and oxygen atoms in total. The molecule has 1 atom stereocenters. The van der Waals surface area contributed by atoms with Gasteiger partial charge in [-0.2, -0.15) is 0 Å². The minimum atomic E-state index is -0.829. The van der Waals surface area contributed by atoms with Crippen LogP contribution in [0.5, 0.6) is 0 Å². The Hall–Kier alpha value is -2.56. The molecule has 180 valence electrons. The number of benzene rings is 1. The van der Waals surface area contributed by atoms with E-state index in [-0.39, 0.29) is 24.3 Å². The molecule has 0 aromatic heterocycles. The highest BCUT2D eigenvalue weighted by Crippen LogP contribution is 2.22. The quantitative estimate of drug-likeness (QED) is 0.418. The molecule has 0 radical (unpaired) electrons. The van der Waals surface area contributed by atoms with Crippen LogP contribution in [0.3, 0.4) is 0 Å². The van der Waals surface area contributed by atoms with Gasteiger partial charge in [0, 0.05) is 51.4 Å². The van der Waals surface area contributed by atoms with Crippen molar-refractivity contribution in [1.82, 2.24) is 20.5 Å². The summed E-state index contributed by atoms with van der Waals surface area (Å²) in [6.45, 7) is 6.50. The van der Waals surface area contributed by atoms with Gasteiger partial charge in [-0.25, -0.2) is 9.40 Å². The van der Waals surface area contributed by atoms with Crippen molar-refractivity contribution in [1.29, 1.82) is 0 Å². The van der Waals surface area contributed by atoms with Crippen LogP contribution in [0.25, 0.3) is 0 Å². The van der Waals surface area contributed by atoms with Gasteiger partial charge in [0.25, 0.3) is 5.91 Å². The van der Waals surface area contributed by atoms with Gasteiger partial charge in [0.15, 0.2) is 0 Å². The number of piperidine rings is 2. The molecular weight excluding hydrogens is 427 g/mol. The van der Waals surface area contributed by atoms with Crippen LogP contribution >= 0.6 is 0 Å². The van der Waals surface area contributed by atoms with Gasteiger partial charge >= 0.3 is 0 Å². The summed E-state index contributed by atoms with van der Waals surface area (Å²) in [6, 6.07) is 3.77. The number of rotatable bonds is 6. The maximum atomic E-state index is 14.7. The molecule has 0 saturated carbocycles. The minimum absolute atomic E-state index is 0.106. The summed E-state index contributed by atoms with van der Waals surface area (Å²) in [6.07, 6.45) is 3.89. The van der Waals surface area contributed by atoms with Crippen LogP contribution in [-0.4, -0.2) is 79.5 Å². The molecule has 0 aliphatic carbocycles. The topological polar surface area (TPSA) is 111 Å². The number of halogens is 1. The molecule has 4 rings (SSSR count). The fourth-order valence-corrected chi connectivity index (χ4v) is 4.79. The lowest BCUT2D eigenvalue weighted by molar-refractivity contribution is -0.134. The second-order valence-corrected chi connectivity index (χ2v) is 9.24. The predicted molar refractivity (Wildman–Crippen MR) is 122 cm³/mol. The normalized spacial score (nSPS) is 23.5. The number of nitrogens with two attached hydrogens (primary N) is 1. The standard InChI is InChI=1S/C23H33FN6O3/c24-19-15-17(1-2-18(19)22(32)26-20-3-4-21(31)27-23(20)33)29-13-11-28(12-14-29)8-5-16-6-9-30(25)10-7-16/h1-2,15-16,20H,3-14,25H2,(H,26,32)(H,27,31,33)/t20-/m0/s1. The molecule has 33 heavy (non-hydrogen) atoms. The summed E-state index contributed by atoms with van der Waals surface area (Å²) >= 11 is 0. The van der Waals surface area contributed by atoms with Crippen molar-refractivity contribution in [3.8, 4) is 0 Å². The molecule has 0 spiro atoms. The number of piperazine rings is 1. The number of anilines is 1. The maximum absolute atomic E-state index is 14.7. The van der Waals surface area contributed by atoms with Crippen molar-refractivity contribution in [3.05, 3.63) is 29.6 Å². The Morgan fingerprint density at radius 1 is 1.09 bits per heavy atom. The van der Waals surface area contributed by atoms with Gasteiger partial charge in [0.1, 0.15) is 11.9 Å². The van der Waals surface area contributed by atoms with Gasteiger partial charge in [0.05, 0.1) is 5.56 Å². The first-order chi connectivity index (χ1) is 15.9. The van der Waals surface area contributed by atoms with E-state index in [0.717, 1.165) is 57.4 Å². The number of nitrogens with zero attached hydrogens (tertiary/aromatic N) is 3. The molecule has 10 heteroatoms. The molecule has 1 aromatic carbocycles. The number of hydrogen-bond acceptors (Lipinski definition) is 7. The van der Waals surface area contributed by atoms with E-state index in [1.54, 1.807) is 6.07 Å². The van der Waals surface area contributed by atoms with Crippen molar-refractivity contribution in [3.63, 3.8) is 0 Å². The van der Waals surface area contributed by atoms with E-state index in [1.807, 2.05) is 5.01 Å². The fourth-order valence-electron chi connectivity index (χ4n) is 4.79. The average molecular weight is 461 g/mol. The zero-order chi connectivity index (χ0) is 23.4. The van der Waals surface area contributed by atoms with Gasteiger partial charge in [-0.15, -0.1) is 0 Å². The molecule has 3 fully saturated rings. The Labute approximate surface area is 193 Å². The van der Waals surface area contributed by atoms with Crippen LogP contribution in [-0.2, 0) is 9.59 Å². The van der Waals surface area contributed by atoms with E-state index < -0.39 is 23.7 Å². The van der Waals surface area contributed by atoms with Gasteiger partial charge in [-0.3, -0.25) is 30.4 Å². The minimum Gasteiger partial charge on any atom is -0.369 e. The molecule has 3 heterocycles. The molecule has 3 aliphatic heterocycles. The maximum Gasteiger partial charge on any atom is 0.254 e. The lowest BCUT2D eigenvalue weighted by atomic mass is 9.94. The van der Waals surface area contributed by atoms with E-state index in [4.69, 9.17) is 5.84 Å². The second kappa shape index (κ2) is 10.6. The smallest absolute Gasteiger partial charge is 0.254 e. The van der Waals surface area contributed by atoms with Gasteiger partial charge in [0.2, 0.25) is 11.8 Å². The van der Waals surface area contributed by atoms with Gasteiger partial charge in [-0.1, -0.05) is 0 Å². The molecular formula is C23H33FN6O3. The Balaban J connectivity index is 1.25. The van der Waals surface area contributed by atoms with E-state index in [9.17, 15) is 18.8 Å². The van der Waals surface area contributed by atoms with E-state index in [0.29, 0.717) is 0 Å². The van der Waals surface area contributed by atoms with Crippen LogP contribution in [0.4, 0.5) is 10.1 Å². The number of carbonyl (C=O) groups is 3. The van der Waals surface area contributed by atoms with Crippen LogP contribution in [0, 0.1) is 11.7 Å². The third-order valence-corrected chi connectivity index (χ3v) is 6.98. The average Bonchev–Trinajstić information content (AvgIpc) is 2.81. The number of imide groups is 1. The third kappa shape index (κ3) is 6.07. The highest BCUT2D eigenvalue weighted by Gasteiger charge is 2.29. The zero-order valence-corrected chi connectivity index (χ0v) is 18.9. The van der Waals surface area contributed by atoms with Crippen LogP contribution in [0.1, 0.15) is 42.5 Å². The Kier molecular flexibility index (Phi) is 7.56. The number of carbonyl (C=O) groups excluding carboxylic acids is 3. The number of nitrogens with one attached hydrogen (secondary N) is 2. The Morgan fingerprint density at radius 3 is 2.48 bits per heavy atom. The van der Waals surface area contributed by atoms with Crippen molar-refractivity contribution in [2.75, 3.05) is 50.7 Å². The van der Waals surface area contributed by atoms with E-state index in [1.165, 1.54) is 31.4 Å². The second-order valence-electron chi connectivity index (χ2n) is 9.24. The molecule has 0 unspecified atom stereocenters.